The number of hydrogen-bond acceptors (Lipinski definition) is 3. The molecule has 19 heavy (non-hydrogen) atoms. The second-order valence-corrected chi connectivity index (χ2v) is 7.46. The minimum absolute atomic E-state index is 0.529. The number of nitrogens with one attached hydrogen (secondary N) is 1. The van der Waals surface area contributed by atoms with Crippen LogP contribution >= 0.6 is 27.5 Å². The molecule has 2 atom stereocenters. The van der Waals surface area contributed by atoms with Gasteiger partial charge in [-0.3, -0.25) is 0 Å². The van der Waals surface area contributed by atoms with Gasteiger partial charge in [0.15, 0.2) is 0 Å². The van der Waals surface area contributed by atoms with Crippen molar-refractivity contribution >= 4 is 33.2 Å². The van der Waals surface area contributed by atoms with Crippen LogP contribution < -0.4 is 5.32 Å². The monoisotopic (exact) mass is 341 g/mol. The molecule has 4 heterocycles. The van der Waals surface area contributed by atoms with Crippen LogP contribution in [0.25, 0.3) is 0 Å². The smallest absolute Gasteiger partial charge is 0.143 e. The Labute approximate surface area is 126 Å². The minimum Gasteiger partial charge on any atom is -0.380 e. The third-order valence-corrected chi connectivity index (χ3v) is 6.05. The maximum Gasteiger partial charge on any atom is 0.143 e. The number of rotatable bonds is 2. The summed E-state index contributed by atoms with van der Waals surface area (Å²) < 4.78 is 0.867. The van der Waals surface area contributed by atoms with Crippen LogP contribution in [0.3, 0.4) is 0 Å². The summed E-state index contributed by atoms with van der Waals surface area (Å²) in [5.74, 6) is 2.56. The summed E-state index contributed by atoms with van der Waals surface area (Å²) in [4.78, 5) is 6.86. The Balaban J connectivity index is 1.55. The Morgan fingerprint density at radius 2 is 2.00 bits per heavy atom. The van der Waals surface area contributed by atoms with Crippen molar-refractivity contribution in [3.05, 3.63) is 21.9 Å². The van der Waals surface area contributed by atoms with E-state index in [0.717, 1.165) is 27.9 Å². The van der Waals surface area contributed by atoms with Crippen LogP contribution in [0.5, 0.6) is 0 Å². The molecule has 1 aromatic heterocycles. The largest absolute Gasteiger partial charge is 0.380 e. The quantitative estimate of drug-likeness (QED) is 0.836. The molecule has 3 nitrogen and oxygen atoms in total. The molecular formula is C14H17BrClN3. The van der Waals surface area contributed by atoms with E-state index < -0.39 is 0 Å². The molecule has 5 rings (SSSR count). The highest BCUT2D eigenvalue weighted by Crippen LogP contribution is 2.44. The van der Waals surface area contributed by atoms with Gasteiger partial charge in [-0.05, 0) is 52.6 Å². The van der Waals surface area contributed by atoms with Gasteiger partial charge in [-0.15, -0.1) is 0 Å². The predicted octanol–water partition coefficient (Wildman–Crippen LogP) is 3.25. The predicted molar refractivity (Wildman–Crippen MR) is 80.5 cm³/mol. The number of halogens is 2. The van der Waals surface area contributed by atoms with Gasteiger partial charge in [0.2, 0.25) is 0 Å². The van der Waals surface area contributed by atoms with Crippen molar-refractivity contribution in [3.63, 3.8) is 0 Å². The first-order chi connectivity index (χ1) is 9.19. The van der Waals surface area contributed by atoms with Crippen molar-refractivity contribution in [3.8, 4) is 0 Å². The lowest BCUT2D eigenvalue weighted by Crippen LogP contribution is -2.62. The van der Waals surface area contributed by atoms with Gasteiger partial charge in [-0.2, -0.15) is 0 Å². The van der Waals surface area contributed by atoms with Gasteiger partial charge in [-0.1, -0.05) is 11.6 Å². The van der Waals surface area contributed by atoms with Crippen molar-refractivity contribution < 1.29 is 0 Å². The van der Waals surface area contributed by atoms with Crippen LogP contribution in [-0.2, 0) is 0 Å². The number of nitrogens with zero attached hydrogens (tertiary/aromatic N) is 2. The minimum atomic E-state index is 0.529. The first-order valence-electron chi connectivity index (χ1n) is 6.99. The van der Waals surface area contributed by atoms with Gasteiger partial charge >= 0.3 is 0 Å². The normalized spacial score (nSPS) is 39.6. The van der Waals surface area contributed by atoms with Crippen molar-refractivity contribution in [2.24, 2.45) is 17.8 Å². The van der Waals surface area contributed by atoms with E-state index in [2.05, 4.69) is 31.1 Å². The van der Waals surface area contributed by atoms with Gasteiger partial charge in [0.25, 0.3) is 0 Å². The van der Waals surface area contributed by atoms with Crippen LogP contribution in [0.1, 0.15) is 12.8 Å². The summed E-state index contributed by atoms with van der Waals surface area (Å²) in [5, 5.41) is 4.24. The average Bonchev–Trinajstić information content (AvgIpc) is 2.37. The Morgan fingerprint density at radius 3 is 2.63 bits per heavy atom. The van der Waals surface area contributed by atoms with Crippen LogP contribution in [0.4, 0.5) is 5.69 Å². The van der Waals surface area contributed by atoms with E-state index in [4.69, 9.17) is 11.6 Å². The third-order valence-electron chi connectivity index (χ3n) is 4.92. The van der Waals surface area contributed by atoms with E-state index in [1.54, 1.807) is 0 Å². The lowest BCUT2D eigenvalue weighted by molar-refractivity contribution is -0.0269. The zero-order valence-corrected chi connectivity index (χ0v) is 13.0. The van der Waals surface area contributed by atoms with Crippen molar-refractivity contribution in [2.45, 2.75) is 18.9 Å². The number of pyridine rings is 1. The van der Waals surface area contributed by atoms with E-state index in [1.807, 2.05) is 12.3 Å². The summed E-state index contributed by atoms with van der Waals surface area (Å²) in [6.07, 6.45) is 4.64. The first-order valence-corrected chi connectivity index (χ1v) is 8.16. The molecule has 5 heteroatoms. The van der Waals surface area contributed by atoms with E-state index in [0.29, 0.717) is 11.2 Å². The van der Waals surface area contributed by atoms with Crippen LogP contribution in [0.2, 0.25) is 5.15 Å². The maximum atomic E-state index is 5.95. The first kappa shape index (κ1) is 12.4. The van der Waals surface area contributed by atoms with Crippen molar-refractivity contribution in [1.82, 2.24) is 9.88 Å². The second-order valence-electron chi connectivity index (χ2n) is 6.24. The maximum absolute atomic E-state index is 5.95. The van der Waals surface area contributed by atoms with Gasteiger partial charge in [0.1, 0.15) is 5.15 Å². The average molecular weight is 343 g/mol. The van der Waals surface area contributed by atoms with Crippen molar-refractivity contribution in [1.29, 1.82) is 0 Å². The van der Waals surface area contributed by atoms with Gasteiger partial charge in [0, 0.05) is 25.7 Å². The lowest BCUT2D eigenvalue weighted by Gasteiger charge is -2.56. The molecule has 4 aliphatic rings. The van der Waals surface area contributed by atoms with E-state index in [1.165, 1.54) is 32.5 Å². The highest BCUT2D eigenvalue weighted by atomic mass is 79.9. The molecule has 1 aliphatic carbocycles. The van der Waals surface area contributed by atoms with Gasteiger partial charge in [0.05, 0.1) is 16.4 Å². The number of aromatic nitrogens is 1. The van der Waals surface area contributed by atoms with Crippen LogP contribution in [0.15, 0.2) is 16.7 Å². The fraction of sp³-hybridized carbons (Fsp3) is 0.643. The zero-order valence-electron chi connectivity index (χ0n) is 10.6. The highest BCUT2D eigenvalue weighted by Gasteiger charge is 2.47. The Bertz CT molecular complexity index is 479. The molecular weight excluding hydrogens is 326 g/mol. The summed E-state index contributed by atoms with van der Waals surface area (Å²) in [5.41, 5.74) is 1.09. The molecule has 1 aromatic rings. The van der Waals surface area contributed by atoms with Crippen LogP contribution in [0, 0.1) is 17.8 Å². The standard InChI is InChI=1S/C14H17BrClN3/c15-12-3-11(4-17-14(12)16)18-13-9-1-8-2-10(13)7-19(5-8)6-9/h3-4,8-10,13,18H,1-2,5-7H2. The third kappa shape index (κ3) is 2.18. The molecule has 4 bridgehead atoms. The molecule has 102 valence electrons. The Kier molecular flexibility index (Phi) is 3.01. The van der Waals surface area contributed by atoms with Gasteiger partial charge in [-0.25, -0.2) is 4.98 Å². The second kappa shape index (κ2) is 4.61. The zero-order chi connectivity index (χ0) is 13.0. The highest BCUT2D eigenvalue weighted by molar-refractivity contribution is 9.10. The molecule has 0 aromatic carbocycles. The van der Waals surface area contributed by atoms with Crippen molar-refractivity contribution in [2.75, 3.05) is 25.0 Å². The Hall–Kier alpha value is -0.320. The van der Waals surface area contributed by atoms with Gasteiger partial charge < -0.3 is 10.2 Å². The topological polar surface area (TPSA) is 28.2 Å². The molecule has 0 spiro atoms. The summed E-state index contributed by atoms with van der Waals surface area (Å²) in [7, 11) is 0. The van der Waals surface area contributed by atoms with E-state index >= 15 is 0 Å². The van der Waals surface area contributed by atoms with E-state index in [9.17, 15) is 0 Å². The molecule has 0 amide bonds. The molecule has 1 N–H and O–H groups in total. The van der Waals surface area contributed by atoms with E-state index in [-0.39, 0.29) is 0 Å². The van der Waals surface area contributed by atoms with Crippen LogP contribution in [-0.4, -0.2) is 35.6 Å². The summed E-state index contributed by atoms with van der Waals surface area (Å²) in [6.45, 7) is 3.88. The summed E-state index contributed by atoms with van der Waals surface area (Å²) >= 11 is 9.40. The lowest BCUT2D eigenvalue weighted by atomic mass is 9.65. The molecule has 3 aliphatic heterocycles. The summed E-state index contributed by atoms with van der Waals surface area (Å²) in [6, 6.07) is 2.66. The molecule has 2 unspecified atom stereocenters. The number of piperidine rings is 3. The SMILES string of the molecule is Clc1ncc(NC2C3CC4CC2CN(C4)C3)cc1Br. The molecule has 0 radical (unpaired) electrons. The fourth-order valence-electron chi connectivity index (χ4n) is 4.34. The Morgan fingerprint density at radius 1 is 1.26 bits per heavy atom. The molecule has 1 saturated carbocycles. The fourth-order valence-corrected chi connectivity index (χ4v) is 4.79. The molecule has 3 saturated heterocycles. The number of anilines is 1. The number of hydrogen-bond donors (Lipinski definition) is 1. The molecule has 4 fully saturated rings.